The van der Waals surface area contributed by atoms with Gasteiger partial charge in [-0.05, 0) is 18.6 Å². The highest BCUT2D eigenvalue weighted by Crippen LogP contribution is 2.23. The zero-order chi connectivity index (χ0) is 16.9. The van der Waals surface area contributed by atoms with Crippen molar-refractivity contribution in [3.05, 3.63) is 29.2 Å². The number of aryl methyl sites for hydroxylation is 1. The summed E-state index contributed by atoms with van der Waals surface area (Å²) in [5.74, 6) is 0.139. The number of nitrogens with one attached hydrogen (secondary N) is 1. The summed E-state index contributed by atoms with van der Waals surface area (Å²) in [5.41, 5.74) is 0. The molecular formula is C16H20N4O3S. The number of rotatable bonds is 7. The maximum atomic E-state index is 12.4. The number of amides is 2. The molecule has 128 valence electrons. The quantitative estimate of drug-likeness (QED) is 0.830. The van der Waals surface area contributed by atoms with Gasteiger partial charge in [-0.25, -0.2) is 0 Å². The van der Waals surface area contributed by atoms with E-state index in [2.05, 4.69) is 22.4 Å². The molecule has 0 aromatic carbocycles. The molecule has 7 nitrogen and oxygen atoms in total. The van der Waals surface area contributed by atoms with Gasteiger partial charge in [0.15, 0.2) is 0 Å². The minimum atomic E-state index is -0.365. The Hall–Kier alpha value is -2.22. The molecule has 0 spiro atoms. The Balaban J connectivity index is 1.54. The number of hydrogen-bond acceptors (Lipinski definition) is 6. The lowest BCUT2D eigenvalue weighted by Crippen LogP contribution is -2.27. The zero-order valence-corrected chi connectivity index (χ0v) is 14.3. The Morgan fingerprint density at radius 2 is 2.38 bits per heavy atom. The van der Waals surface area contributed by atoms with Crippen LogP contribution in [0.1, 0.15) is 37.0 Å². The molecule has 2 aromatic rings. The van der Waals surface area contributed by atoms with Gasteiger partial charge in [-0.15, -0.1) is 10.2 Å². The van der Waals surface area contributed by atoms with Gasteiger partial charge in [-0.1, -0.05) is 24.7 Å². The van der Waals surface area contributed by atoms with Gasteiger partial charge in [0.05, 0.1) is 18.7 Å². The molecule has 1 aliphatic rings. The SMILES string of the molecule is CCCCc1nnc(NC(=O)[C@@H]2CC(=O)N(Cc3ccco3)C2)s1. The summed E-state index contributed by atoms with van der Waals surface area (Å²) < 4.78 is 5.26. The van der Waals surface area contributed by atoms with Crippen molar-refractivity contribution in [2.24, 2.45) is 5.92 Å². The van der Waals surface area contributed by atoms with Crippen LogP contribution < -0.4 is 5.32 Å². The van der Waals surface area contributed by atoms with Gasteiger partial charge in [-0.2, -0.15) is 0 Å². The van der Waals surface area contributed by atoms with Crippen LogP contribution in [0.2, 0.25) is 0 Å². The van der Waals surface area contributed by atoms with Gasteiger partial charge in [-0.3, -0.25) is 9.59 Å². The van der Waals surface area contributed by atoms with Crippen LogP contribution in [-0.2, 0) is 22.6 Å². The smallest absolute Gasteiger partial charge is 0.231 e. The fourth-order valence-electron chi connectivity index (χ4n) is 2.63. The first-order valence-electron chi connectivity index (χ1n) is 8.09. The molecule has 2 aromatic heterocycles. The third kappa shape index (κ3) is 4.00. The minimum absolute atomic E-state index is 0.0348. The molecule has 3 rings (SSSR count). The lowest BCUT2D eigenvalue weighted by Gasteiger charge is -2.14. The minimum Gasteiger partial charge on any atom is -0.467 e. The van der Waals surface area contributed by atoms with E-state index in [0.717, 1.165) is 24.3 Å². The second-order valence-electron chi connectivity index (χ2n) is 5.85. The number of aromatic nitrogens is 2. The third-order valence-corrected chi connectivity index (χ3v) is 4.85. The number of unbranched alkanes of at least 4 members (excludes halogenated alkanes) is 1. The van der Waals surface area contributed by atoms with E-state index >= 15 is 0 Å². The van der Waals surface area contributed by atoms with Gasteiger partial charge < -0.3 is 14.6 Å². The number of carbonyl (C=O) groups is 2. The highest BCUT2D eigenvalue weighted by atomic mass is 32.1. The molecule has 1 N–H and O–H groups in total. The second-order valence-corrected chi connectivity index (χ2v) is 6.91. The van der Waals surface area contributed by atoms with Crippen LogP contribution in [0.5, 0.6) is 0 Å². The van der Waals surface area contributed by atoms with Crippen molar-refractivity contribution in [3.63, 3.8) is 0 Å². The van der Waals surface area contributed by atoms with Crippen LogP contribution in [-0.4, -0.2) is 33.5 Å². The summed E-state index contributed by atoms with van der Waals surface area (Å²) in [6.07, 6.45) is 4.82. The molecule has 0 radical (unpaired) electrons. The predicted octanol–water partition coefficient (Wildman–Crippen LogP) is 2.46. The van der Waals surface area contributed by atoms with Crippen LogP contribution in [0.3, 0.4) is 0 Å². The molecule has 1 aliphatic heterocycles. The molecule has 0 bridgehead atoms. The van der Waals surface area contributed by atoms with E-state index in [4.69, 9.17) is 4.42 Å². The standard InChI is InChI=1S/C16H20N4O3S/c1-2-3-6-13-18-19-16(24-13)17-15(22)11-8-14(21)20(9-11)10-12-5-4-7-23-12/h4-5,7,11H,2-3,6,8-10H2,1H3,(H,17,19,22)/t11-/m1/s1. The summed E-state index contributed by atoms with van der Waals surface area (Å²) in [7, 11) is 0. The summed E-state index contributed by atoms with van der Waals surface area (Å²) >= 11 is 1.40. The topological polar surface area (TPSA) is 88.3 Å². The first-order chi connectivity index (χ1) is 11.7. The van der Waals surface area contributed by atoms with Crippen LogP contribution in [0.4, 0.5) is 5.13 Å². The van der Waals surface area contributed by atoms with E-state index in [1.165, 1.54) is 11.3 Å². The van der Waals surface area contributed by atoms with E-state index in [9.17, 15) is 9.59 Å². The van der Waals surface area contributed by atoms with Crippen LogP contribution in [0.15, 0.2) is 22.8 Å². The zero-order valence-electron chi connectivity index (χ0n) is 13.5. The van der Waals surface area contributed by atoms with E-state index < -0.39 is 0 Å². The van der Waals surface area contributed by atoms with Crippen molar-refractivity contribution in [1.82, 2.24) is 15.1 Å². The van der Waals surface area contributed by atoms with Gasteiger partial charge >= 0.3 is 0 Å². The van der Waals surface area contributed by atoms with Gasteiger partial charge in [0, 0.05) is 19.4 Å². The Morgan fingerprint density at radius 3 is 3.12 bits per heavy atom. The summed E-state index contributed by atoms with van der Waals surface area (Å²) in [6, 6.07) is 3.60. The average Bonchev–Trinajstić information content (AvgIpc) is 3.29. The van der Waals surface area contributed by atoms with Gasteiger partial charge in [0.2, 0.25) is 16.9 Å². The molecule has 0 saturated carbocycles. The number of anilines is 1. The average molecular weight is 348 g/mol. The van der Waals surface area contributed by atoms with Crippen LogP contribution in [0, 0.1) is 5.92 Å². The number of furan rings is 1. The Labute approximate surface area is 144 Å². The molecule has 0 aliphatic carbocycles. The molecule has 1 atom stereocenters. The lowest BCUT2D eigenvalue weighted by molar-refractivity contribution is -0.128. The van der Waals surface area contributed by atoms with E-state index in [-0.39, 0.29) is 24.2 Å². The van der Waals surface area contributed by atoms with Crippen molar-refractivity contribution in [3.8, 4) is 0 Å². The van der Waals surface area contributed by atoms with Crippen LogP contribution in [0.25, 0.3) is 0 Å². The Kier molecular flexibility index (Phi) is 5.24. The molecular weight excluding hydrogens is 328 g/mol. The Morgan fingerprint density at radius 1 is 1.50 bits per heavy atom. The maximum absolute atomic E-state index is 12.4. The Bertz CT molecular complexity index is 698. The van der Waals surface area contributed by atoms with E-state index in [0.29, 0.717) is 24.0 Å². The second kappa shape index (κ2) is 7.57. The van der Waals surface area contributed by atoms with Gasteiger partial charge in [0.1, 0.15) is 10.8 Å². The number of hydrogen-bond donors (Lipinski definition) is 1. The molecule has 0 unspecified atom stereocenters. The fourth-order valence-corrected chi connectivity index (χ4v) is 3.42. The molecule has 3 heterocycles. The largest absolute Gasteiger partial charge is 0.467 e. The fraction of sp³-hybridized carbons (Fsp3) is 0.500. The lowest BCUT2D eigenvalue weighted by atomic mass is 10.1. The summed E-state index contributed by atoms with van der Waals surface area (Å²) in [5, 5.41) is 12.3. The maximum Gasteiger partial charge on any atom is 0.231 e. The number of nitrogens with zero attached hydrogens (tertiary/aromatic N) is 3. The molecule has 1 saturated heterocycles. The van der Waals surface area contributed by atoms with Crippen LogP contribution >= 0.6 is 11.3 Å². The van der Waals surface area contributed by atoms with Gasteiger partial charge in [0.25, 0.3) is 0 Å². The number of likely N-dealkylation sites (tertiary alicyclic amines) is 1. The first kappa shape index (κ1) is 16.6. The molecule has 8 heteroatoms. The van der Waals surface area contributed by atoms with Crippen molar-refractivity contribution in [1.29, 1.82) is 0 Å². The summed E-state index contributed by atoms with van der Waals surface area (Å²) in [4.78, 5) is 26.1. The normalized spacial score (nSPS) is 17.5. The van der Waals surface area contributed by atoms with Crippen molar-refractivity contribution < 1.29 is 14.0 Å². The highest BCUT2D eigenvalue weighted by Gasteiger charge is 2.35. The first-order valence-corrected chi connectivity index (χ1v) is 8.90. The monoisotopic (exact) mass is 348 g/mol. The highest BCUT2D eigenvalue weighted by molar-refractivity contribution is 7.15. The molecule has 1 fully saturated rings. The van der Waals surface area contributed by atoms with Crippen molar-refractivity contribution >= 4 is 28.3 Å². The van der Waals surface area contributed by atoms with E-state index in [1.54, 1.807) is 17.2 Å². The molecule has 2 amide bonds. The van der Waals surface area contributed by atoms with Crippen molar-refractivity contribution in [2.75, 3.05) is 11.9 Å². The van der Waals surface area contributed by atoms with Crippen molar-refractivity contribution in [2.45, 2.75) is 39.2 Å². The predicted molar refractivity (Wildman–Crippen MR) is 89.4 cm³/mol. The molecule has 24 heavy (non-hydrogen) atoms. The van der Waals surface area contributed by atoms with E-state index in [1.807, 2.05) is 6.07 Å². The number of carbonyl (C=O) groups excluding carboxylic acids is 2. The third-order valence-electron chi connectivity index (χ3n) is 3.95. The summed E-state index contributed by atoms with van der Waals surface area (Å²) in [6.45, 7) is 2.91.